The van der Waals surface area contributed by atoms with Gasteiger partial charge in [-0.25, -0.2) is 4.79 Å². The topological polar surface area (TPSA) is 113 Å². The van der Waals surface area contributed by atoms with Crippen molar-refractivity contribution in [1.29, 1.82) is 0 Å². The van der Waals surface area contributed by atoms with Gasteiger partial charge in [-0.1, -0.05) is 13.8 Å². The Morgan fingerprint density at radius 3 is 2.74 bits per heavy atom. The molecule has 0 aliphatic carbocycles. The van der Waals surface area contributed by atoms with Crippen molar-refractivity contribution in [3.05, 3.63) is 11.8 Å². The molecule has 2 N–H and O–H groups in total. The fraction of sp³-hybridized carbons (Fsp3) is 0.667. The van der Waals surface area contributed by atoms with Crippen molar-refractivity contribution in [1.82, 2.24) is 10.1 Å². The molecule has 8 heteroatoms. The fourth-order valence-corrected chi connectivity index (χ4v) is 2.85. The molecule has 8 nitrogen and oxygen atoms in total. The summed E-state index contributed by atoms with van der Waals surface area (Å²) in [6.07, 6.45) is 0.0471. The van der Waals surface area contributed by atoms with Crippen LogP contribution in [0.5, 0.6) is 5.88 Å². The highest BCUT2D eigenvalue weighted by molar-refractivity contribution is 5.84. The number of aliphatic hydroxyl groups is 1. The number of hydrogen-bond acceptors (Lipinski definition) is 6. The van der Waals surface area contributed by atoms with Crippen LogP contribution in [0.15, 0.2) is 10.6 Å². The van der Waals surface area contributed by atoms with E-state index in [9.17, 15) is 14.7 Å². The Kier molecular flexibility index (Phi) is 5.25. The predicted molar refractivity (Wildman–Crippen MR) is 79.0 cm³/mol. The van der Waals surface area contributed by atoms with E-state index >= 15 is 0 Å². The molecule has 1 aromatic heterocycles. The highest BCUT2D eigenvalue weighted by Crippen LogP contribution is 2.32. The van der Waals surface area contributed by atoms with Crippen molar-refractivity contribution in [2.45, 2.75) is 45.3 Å². The van der Waals surface area contributed by atoms with Crippen molar-refractivity contribution in [3.8, 4) is 5.88 Å². The lowest BCUT2D eigenvalue weighted by Gasteiger charge is -2.27. The van der Waals surface area contributed by atoms with Crippen molar-refractivity contribution < 1.29 is 29.1 Å². The van der Waals surface area contributed by atoms with Crippen LogP contribution in [0.1, 0.15) is 38.9 Å². The third kappa shape index (κ3) is 4.01. The molecule has 0 spiro atoms. The Hall–Kier alpha value is -2.09. The number of carbonyl (C=O) groups excluding carboxylic acids is 1. The molecule has 0 unspecified atom stereocenters. The first kappa shape index (κ1) is 17.3. The number of hydrogen-bond donors (Lipinski definition) is 2. The molecule has 1 saturated heterocycles. The lowest BCUT2D eigenvalue weighted by atomic mass is 9.91. The van der Waals surface area contributed by atoms with Gasteiger partial charge in [0, 0.05) is 18.7 Å². The number of rotatable bonds is 6. The van der Waals surface area contributed by atoms with E-state index in [0.717, 1.165) is 0 Å². The smallest absolute Gasteiger partial charge is 0.341 e. The molecule has 3 atom stereocenters. The third-order valence-corrected chi connectivity index (χ3v) is 3.93. The van der Waals surface area contributed by atoms with E-state index in [1.165, 1.54) is 6.07 Å². The molecule has 1 aliphatic heterocycles. The summed E-state index contributed by atoms with van der Waals surface area (Å²) in [6, 6.07) is 1.41. The summed E-state index contributed by atoms with van der Waals surface area (Å²) in [4.78, 5) is 25.0. The van der Waals surface area contributed by atoms with E-state index in [1.54, 1.807) is 4.90 Å². The molecule has 0 saturated carbocycles. The molecule has 0 bridgehead atoms. The van der Waals surface area contributed by atoms with Gasteiger partial charge in [0.2, 0.25) is 5.91 Å². The van der Waals surface area contributed by atoms with Gasteiger partial charge in [0.1, 0.15) is 5.92 Å². The second-order valence-corrected chi connectivity index (χ2v) is 6.20. The van der Waals surface area contributed by atoms with Crippen molar-refractivity contribution in [2.75, 3.05) is 13.2 Å². The average molecular weight is 326 g/mol. The number of carboxylic acid groups (broad SMARTS) is 1. The largest absolute Gasteiger partial charge is 0.479 e. The highest BCUT2D eigenvalue weighted by atomic mass is 16.5. The van der Waals surface area contributed by atoms with Gasteiger partial charge in [0.15, 0.2) is 12.4 Å². The maximum Gasteiger partial charge on any atom is 0.341 e. The number of β-amino-alcohol motifs (C(OH)–C–C–N with tert-alkyl or cyclic N) is 1. The van der Waals surface area contributed by atoms with E-state index in [-0.39, 0.29) is 23.7 Å². The van der Waals surface area contributed by atoms with Crippen LogP contribution in [0.2, 0.25) is 0 Å². The number of aromatic nitrogens is 1. The molecule has 1 fully saturated rings. The second kappa shape index (κ2) is 6.99. The van der Waals surface area contributed by atoms with Gasteiger partial charge in [0.05, 0.1) is 6.10 Å². The van der Waals surface area contributed by atoms with E-state index in [4.69, 9.17) is 14.4 Å². The number of likely N-dealkylation sites (tertiary alicyclic amines) is 1. The predicted octanol–water partition coefficient (Wildman–Crippen LogP) is 0.859. The van der Waals surface area contributed by atoms with E-state index < -0.39 is 24.6 Å². The minimum Gasteiger partial charge on any atom is -0.479 e. The van der Waals surface area contributed by atoms with Crippen LogP contribution in [0.4, 0.5) is 0 Å². The van der Waals surface area contributed by atoms with Crippen molar-refractivity contribution in [3.63, 3.8) is 0 Å². The number of carbonyl (C=O) groups is 2. The van der Waals surface area contributed by atoms with Gasteiger partial charge in [-0.2, -0.15) is 0 Å². The summed E-state index contributed by atoms with van der Waals surface area (Å²) in [6.45, 7) is 5.45. The molecule has 2 rings (SSSR count). The van der Waals surface area contributed by atoms with Gasteiger partial charge in [-0.15, -0.1) is 0 Å². The molecule has 23 heavy (non-hydrogen) atoms. The molecule has 1 aromatic rings. The summed E-state index contributed by atoms with van der Waals surface area (Å²) in [5.74, 6) is -1.49. The van der Waals surface area contributed by atoms with Crippen LogP contribution >= 0.6 is 0 Å². The summed E-state index contributed by atoms with van der Waals surface area (Å²) in [5.41, 5.74) is 0. The van der Waals surface area contributed by atoms with E-state index in [1.807, 2.05) is 20.8 Å². The van der Waals surface area contributed by atoms with Crippen LogP contribution < -0.4 is 4.74 Å². The van der Waals surface area contributed by atoms with Crippen LogP contribution in [0.25, 0.3) is 0 Å². The first-order valence-corrected chi connectivity index (χ1v) is 7.59. The van der Waals surface area contributed by atoms with Crippen molar-refractivity contribution in [2.24, 2.45) is 5.92 Å². The number of ether oxygens (including phenoxy) is 1. The average Bonchev–Trinajstić information content (AvgIpc) is 3.03. The minimum absolute atomic E-state index is 0.0374. The van der Waals surface area contributed by atoms with Gasteiger partial charge >= 0.3 is 5.97 Å². The van der Waals surface area contributed by atoms with Crippen molar-refractivity contribution >= 4 is 11.9 Å². The third-order valence-electron chi connectivity index (χ3n) is 3.93. The van der Waals surface area contributed by atoms with Crippen LogP contribution in [0.3, 0.4) is 0 Å². The number of aliphatic hydroxyl groups excluding tert-OH is 1. The second-order valence-electron chi connectivity index (χ2n) is 6.20. The quantitative estimate of drug-likeness (QED) is 0.797. The van der Waals surface area contributed by atoms with Gasteiger partial charge in [0.25, 0.3) is 5.88 Å². The SMILES string of the molecule is CC(C)[C@@H](C(=O)N1C[C@H](O)C[C@H]1C)c1cc(OCC(=O)O)no1. The first-order chi connectivity index (χ1) is 10.8. The summed E-state index contributed by atoms with van der Waals surface area (Å²) in [5, 5.41) is 22.0. The van der Waals surface area contributed by atoms with Crippen LogP contribution in [0, 0.1) is 5.92 Å². The summed E-state index contributed by atoms with van der Waals surface area (Å²) < 4.78 is 10.1. The first-order valence-electron chi connectivity index (χ1n) is 7.59. The summed E-state index contributed by atoms with van der Waals surface area (Å²) >= 11 is 0. The number of nitrogens with zero attached hydrogens (tertiary/aromatic N) is 2. The molecule has 0 radical (unpaired) electrons. The minimum atomic E-state index is -1.12. The number of carboxylic acids is 1. The normalized spacial score (nSPS) is 22.4. The van der Waals surface area contributed by atoms with Gasteiger partial charge in [-0.3, -0.25) is 4.79 Å². The molecule has 2 heterocycles. The Bertz CT molecular complexity index is 570. The Morgan fingerprint density at radius 1 is 1.52 bits per heavy atom. The number of amides is 1. The Morgan fingerprint density at radius 2 is 2.22 bits per heavy atom. The monoisotopic (exact) mass is 326 g/mol. The van der Waals surface area contributed by atoms with Gasteiger partial charge in [-0.05, 0) is 24.4 Å². The molecular formula is C15H22N2O6. The molecule has 0 aromatic carbocycles. The molecule has 1 aliphatic rings. The zero-order chi connectivity index (χ0) is 17.1. The van der Waals surface area contributed by atoms with Crippen LogP contribution in [-0.2, 0) is 9.59 Å². The van der Waals surface area contributed by atoms with E-state index in [0.29, 0.717) is 18.7 Å². The molecule has 1 amide bonds. The highest BCUT2D eigenvalue weighted by Gasteiger charge is 2.38. The lowest BCUT2D eigenvalue weighted by molar-refractivity contribution is -0.139. The van der Waals surface area contributed by atoms with Gasteiger partial charge < -0.3 is 24.4 Å². The molecular weight excluding hydrogens is 304 g/mol. The number of aliphatic carboxylic acids is 1. The lowest BCUT2D eigenvalue weighted by Crippen LogP contribution is -2.39. The van der Waals surface area contributed by atoms with E-state index in [2.05, 4.69) is 5.16 Å². The zero-order valence-electron chi connectivity index (χ0n) is 13.4. The fourth-order valence-electron chi connectivity index (χ4n) is 2.85. The van der Waals surface area contributed by atoms with Crippen LogP contribution in [-0.4, -0.2) is 57.4 Å². The zero-order valence-corrected chi connectivity index (χ0v) is 13.4. The standard InChI is InChI=1S/C15H22N2O6/c1-8(2)14(15(21)17-6-10(18)4-9(17)3)11-5-12(16-23-11)22-7-13(19)20/h5,8-10,14,18H,4,6-7H2,1-3H3,(H,19,20)/t9-,10-,14-/m1/s1. The maximum atomic E-state index is 12.8. The Balaban J connectivity index is 2.15. The molecule has 128 valence electrons. The maximum absolute atomic E-state index is 12.8. The Labute approximate surface area is 134 Å². The summed E-state index contributed by atoms with van der Waals surface area (Å²) in [7, 11) is 0.